The van der Waals surface area contributed by atoms with Crippen molar-refractivity contribution in [2.45, 2.75) is 38.8 Å². The number of hydrogen-bond acceptors (Lipinski definition) is 8. The van der Waals surface area contributed by atoms with Crippen molar-refractivity contribution in [2.24, 2.45) is 0 Å². The van der Waals surface area contributed by atoms with Crippen LogP contribution in [0.2, 0.25) is 0 Å². The Bertz CT molecular complexity index is 812. The van der Waals surface area contributed by atoms with Crippen LogP contribution in [0, 0.1) is 5.21 Å². The Morgan fingerprint density at radius 1 is 0.758 bits per heavy atom. The Morgan fingerprint density at radius 2 is 1.21 bits per heavy atom. The molecule has 33 heavy (non-hydrogen) atoms. The van der Waals surface area contributed by atoms with Gasteiger partial charge in [0.25, 0.3) is 0 Å². The SMILES string of the molecule is CC1(C)N([O])C(c2ccc3c(c2)OCCOCCOCCOCCOCCO3)=[N+]([O-])C1(C)C. The fourth-order valence-electron chi connectivity index (χ4n) is 3.41. The summed E-state index contributed by atoms with van der Waals surface area (Å²) in [6.45, 7) is 11.2. The minimum Gasteiger partial charge on any atom is -0.714 e. The summed E-state index contributed by atoms with van der Waals surface area (Å²) in [4.78, 5) is 0. The highest BCUT2D eigenvalue weighted by atomic mass is 16.6. The summed E-state index contributed by atoms with van der Waals surface area (Å²) in [6, 6.07) is 5.06. The van der Waals surface area contributed by atoms with Crippen molar-refractivity contribution >= 4 is 5.84 Å². The molecule has 0 unspecified atom stereocenters. The minimum atomic E-state index is -0.903. The normalized spacial score (nSPS) is 23.1. The quantitative estimate of drug-likeness (QED) is 0.456. The number of hydrogen-bond donors (Lipinski definition) is 0. The van der Waals surface area contributed by atoms with Crippen molar-refractivity contribution in [1.82, 2.24) is 5.06 Å². The van der Waals surface area contributed by atoms with E-state index < -0.39 is 11.1 Å². The molecule has 0 atom stereocenters. The second-order valence-electron chi connectivity index (χ2n) is 8.84. The number of rotatable bonds is 1. The Balaban J connectivity index is 1.78. The molecule has 0 saturated carbocycles. The Morgan fingerprint density at radius 3 is 1.67 bits per heavy atom. The molecule has 3 rings (SSSR count). The van der Waals surface area contributed by atoms with Gasteiger partial charge in [-0.05, 0) is 45.9 Å². The molecule has 0 spiro atoms. The summed E-state index contributed by atoms with van der Waals surface area (Å²) in [7, 11) is 0. The van der Waals surface area contributed by atoms with E-state index in [0.717, 1.165) is 9.80 Å². The first-order chi connectivity index (χ1) is 15.8. The monoisotopic (exact) mass is 467 g/mol. The molecule has 10 heteroatoms. The molecule has 0 fully saturated rings. The van der Waals surface area contributed by atoms with Gasteiger partial charge in [-0.3, -0.25) is 4.74 Å². The van der Waals surface area contributed by atoms with E-state index in [4.69, 9.17) is 28.4 Å². The lowest BCUT2D eigenvalue weighted by Crippen LogP contribution is -2.53. The van der Waals surface area contributed by atoms with Crippen LogP contribution in [0.1, 0.15) is 33.3 Å². The van der Waals surface area contributed by atoms with E-state index in [-0.39, 0.29) is 12.4 Å². The van der Waals surface area contributed by atoms with Gasteiger partial charge in [0.1, 0.15) is 18.8 Å². The van der Waals surface area contributed by atoms with Gasteiger partial charge >= 0.3 is 5.84 Å². The third-order valence-electron chi connectivity index (χ3n) is 6.19. The van der Waals surface area contributed by atoms with E-state index >= 15 is 0 Å². The van der Waals surface area contributed by atoms with Crippen LogP contribution in [0.25, 0.3) is 0 Å². The summed E-state index contributed by atoms with van der Waals surface area (Å²) < 4.78 is 34.5. The highest BCUT2D eigenvalue weighted by molar-refractivity contribution is 5.96. The maximum atomic E-state index is 13.0. The Labute approximate surface area is 195 Å². The maximum Gasteiger partial charge on any atom is 0.316 e. The van der Waals surface area contributed by atoms with Gasteiger partial charge in [0.2, 0.25) is 0 Å². The topological polar surface area (TPSA) is 105 Å². The van der Waals surface area contributed by atoms with Crippen LogP contribution in [-0.4, -0.2) is 92.8 Å². The lowest BCUT2D eigenvalue weighted by atomic mass is 9.84. The first kappa shape index (κ1) is 25.5. The number of fused-ring (bicyclic) bond motifs is 1. The molecular formula is C23H35N2O8. The van der Waals surface area contributed by atoms with Crippen LogP contribution < -0.4 is 9.47 Å². The lowest BCUT2D eigenvalue weighted by molar-refractivity contribution is -0.539. The van der Waals surface area contributed by atoms with Crippen molar-refractivity contribution in [3.05, 3.63) is 29.0 Å². The minimum absolute atomic E-state index is 0.0487. The van der Waals surface area contributed by atoms with E-state index in [1.54, 1.807) is 45.9 Å². The molecular weight excluding hydrogens is 432 g/mol. The molecule has 0 bridgehead atoms. The maximum absolute atomic E-state index is 13.0. The van der Waals surface area contributed by atoms with E-state index in [1.165, 1.54) is 0 Å². The highest BCUT2D eigenvalue weighted by Crippen LogP contribution is 2.38. The first-order valence-electron chi connectivity index (χ1n) is 11.3. The van der Waals surface area contributed by atoms with Gasteiger partial charge in [-0.25, -0.2) is 0 Å². The molecule has 0 saturated heterocycles. The van der Waals surface area contributed by atoms with E-state index in [9.17, 15) is 10.4 Å². The lowest BCUT2D eigenvalue weighted by Gasteiger charge is -2.32. The summed E-state index contributed by atoms with van der Waals surface area (Å²) in [6.07, 6.45) is 0. The third kappa shape index (κ3) is 5.88. The van der Waals surface area contributed by atoms with Gasteiger partial charge in [0.05, 0.1) is 58.4 Å². The van der Waals surface area contributed by atoms with Gasteiger partial charge in [0, 0.05) is 5.21 Å². The van der Waals surface area contributed by atoms with Crippen LogP contribution in [0.5, 0.6) is 11.5 Å². The number of ether oxygens (including phenoxy) is 6. The van der Waals surface area contributed by atoms with Gasteiger partial charge in [0.15, 0.2) is 17.0 Å². The van der Waals surface area contributed by atoms with Crippen LogP contribution in [0.15, 0.2) is 18.2 Å². The van der Waals surface area contributed by atoms with E-state index in [1.807, 2.05) is 0 Å². The average Bonchev–Trinajstić information content (AvgIpc) is 2.90. The van der Waals surface area contributed by atoms with Gasteiger partial charge < -0.3 is 33.6 Å². The predicted molar refractivity (Wildman–Crippen MR) is 119 cm³/mol. The van der Waals surface area contributed by atoms with E-state index in [2.05, 4.69) is 0 Å². The molecule has 2 aliphatic heterocycles. The molecule has 0 amide bonds. The van der Waals surface area contributed by atoms with Crippen molar-refractivity contribution < 1.29 is 38.4 Å². The van der Waals surface area contributed by atoms with Crippen molar-refractivity contribution in [1.29, 1.82) is 0 Å². The molecule has 1 aromatic carbocycles. The molecule has 1 aromatic rings. The number of benzene rings is 1. The zero-order chi connectivity index (χ0) is 23.9. The number of nitrogens with zero attached hydrogens (tertiary/aromatic N) is 2. The first-order valence-corrected chi connectivity index (χ1v) is 11.3. The van der Waals surface area contributed by atoms with Crippen LogP contribution in [0.4, 0.5) is 0 Å². The fraction of sp³-hybridized carbons (Fsp3) is 0.696. The molecule has 0 aromatic heterocycles. The average molecular weight is 468 g/mol. The van der Waals surface area contributed by atoms with Crippen LogP contribution in [0.3, 0.4) is 0 Å². The molecule has 1 radical (unpaired) electrons. The zero-order valence-electron chi connectivity index (χ0n) is 20.0. The van der Waals surface area contributed by atoms with Crippen molar-refractivity contribution in [3.63, 3.8) is 0 Å². The van der Waals surface area contributed by atoms with Crippen molar-refractivity contribution in [3.8, 4) is 11.5 Å². The van der Waals surface area contributed by atoms with Gasteiger partial charge in [-0.2, -0.15) is 0 Å². The standard InChI is InChI=1S/C23H35N2O8/c1-22(2)23(3,4)25(27)21(24(22)26)18-5-6-19-20(17-18)33-16-14-31-12-10-29-8-7-28-9-11-30-13-15-32-19/h5-6,17H,7-16H2,1-4H3. The molecule has 2 heterocycles. The smallest absolute Gasteiger partial charge is 0.316 e. The summed E-state index contributed by atoms with van der Waals surface area (Å²) in [5.74, 6) is 0.969. The zero-order valence-corrected chi connectivity index (χ0v) is 20.0. The van der Waals surface area contributed by atoms with Gasteiger partial charge in [-0.1, -0.05) is 5.06 Å². The summed E-state index contributed by atoms with van der Waals surface area (Å²) in [5.41, 5.74) is -1.34. The molecule has 10 nitrogen and oxygen atoms in total. The number of amidine groups is 1. The fourth-order valence-corrected chi connectivity index (χ4v) is 3.41. The highest BCUT2D eigenvalue weighted by Gasteiger charge is 2.60. The van der Waals surface area contributed by atoms with Crippen LogP contribution >= 0.6 is 0 Å². The molecule has 185 valence electrons. The largest absolute Gasteiger partial charge is 0.714 e. The Hall–Kier alpha value is -2.11. The summed E-state index contributed by atoms with van der Waals surface area (Å²) >= 11 is 0. The second-order valence-corrected chi connectivity index (χ2v) is 8.84. The van der Waals surface area contributed by atoms with Crippen molar-refractivity contribution in [2.75, 3.05) is 66.1 Å². The van der Waals surface area contributed by atoms with Gasteiger partial charge in [-0.15, -0.1) is 0 Å². The number of hydroxylamine groups is 3. The van der Waals surface area contributed by atoms with Crippen LogP contribution in [-0.2, 0) is 24.2 Å². The van der Waals surface area contributed by atoms with E-state index in [0.29, 0.717) is 76.5 Å². The third-order valence-corrected chi connectivity index (χ3v) is 6.19. The Kier molecular flexibility index (Phi) is 8.77. The molecule has 0 aliphatic carbocycles. The second kappa shape index (κ2) is 11.3. The molecule has 0 N–H and O–H groups in total. The molecule has 2 aliphatic rings. The summed E-state index contributed by atoms with van der Waals surface area (Å²) in [5, 5.41) is 26.8. The predicted octanol–water partition coefficient (Wildman–Crippen LogP) is 2.00.